The molecule has 0 amide bonds. The van der Waals surface area contributed by atoms with Gasteiger partial charge in [-0.15, -0.1) is 10.3 Å². The lowest BCUT2D eigenvalue weighted by molar-refractivity contribution is -0.377. The van der Waals surface area contributed by atoms with Gasteiger partial charge in [-0.3, -0.25) is 9.63 Å². The van der Waals surface area contributed by atoms with Crippen LogP contribution in [0.25, 0.3) is 0 Å². The fraction of sp³-hybridized carbons (Fsp3) is 0.929. The SMILES string of the molecule is CC1(C)CC(=O)CC(C)(C)N1OC1CCCCN1[O]. The van der Waals surface area contributed by atoms with Crippen molar-refractivity contribution in [2.75, 3.05) is 6.54 Å². The van der Waals surface area contributed by atoms with Crippen molar-refractivity contribution in [1.82, 2.24) is 10.1 Å². The molecule has 5 heteroatoms. The molecule has 1 atom stereocenters. The lowest BCUT2D eigenvalue weighted by Gasteiger charge is -2.52. The van der Waals surface area contributed by atoms with Gasteiger partial charge in [0.05, 0.1) is 0 Å². The molecule has 0 N–H and O–H groups in total. The lowest BCUT2D eigenvalue weighted by atomic mass is 9.81. The van der Waals surface area contributed by atoms with Gasteiger partial charge < -0.3 is 0 Å². The van der Waals surface area contributed by atoms with Gasteiger partial charge in [0.25, 0.3) is 0 Å². The summed E-state index contributed by atoms with van der Waals surface area (Å²) in [5, 5.41) is 14.8. The maximum atomic E-state index is 11.9. The minimum absolute atomic E-state index is 0.262. The average Bonchev–Trinajstić information content (AvgIpc) is 2.23. The molecular formula is C14H25N2O3. The van der Waals surface area contributed by atoms with Crippen LogP contribution in [-0.4, -0.2) is 39.8 Å². The molecule has 2 fully saturated rings. The summed E-state index contributed by atoms with van der Waals surface area (Å²) in [6, 6.07) is 0. The first-order valence-corrected chi connectivity index (χ1v) is 7.15. The second kappa shape index (κ2) is 5.13. The molecule has 2 heterocycles. The Morgan fingerprint density at radius 3 is 2.21 bits per heavy atom. The Hall–Kier alpha value is -0.490. The third kappa shape index (κ3) is 3.16. The predicted octanol–water partition coefficient (Wildman–Crippen LogP) is 2.30. The highest BCUT2D eigenvalue weighted by atomic mass is 16.7. The molecule has 0 aliphatic carbocycles. The number of rotatable bonds is 2. The van der Waals surface area contributed by atoms with Crippen molar-refractivity contribution in [3.05, 3.63) is 0 Å². The minimum Gasteiger partial charge on any atom is -0.300 e. The molecule has 2 aliphatic rings. The number of nitrogens with zero attached hydrogens (tertiary/aromatic N) is 2. The Kier molecular flexibility index (Phi) is 4.02. The summed E-state index contributed by atoms with van der Waals surface area (Å²) in [5.74, 6) is 0.262. The summed E-state index contributed by atoms with van der Waals surface area (Å²) in [4.78, 5) is 17.9. The van der Waals surface area contributed by atoms with Gasteiger partial charge in [0.15, 0.2) is 6.23 Å². The van der Waals surface area contributed by atoms with Crippen LogP contribution in [0.4, 0.5) is 0 Å². The normalized spacial score (nSPS) is 32.5. The van der Waals surface area contributed by atoms with E-state index >= 15 is 0 Å². The van der Waals surface area contributed by atoms with Gasteiger partial charge in [0, 0.05) is 30.5 Å². The number of ketones is 1. The number of carbonyl (C=O) groups is 1. The predicted molar refractivity (Wildman–Crippen MR) is 70.4 cm³/mol. The Labute approximate surface area is 115 Å². The Morgan fingerprint density at radius 1 is 1.11 bits per heavy atom. The van der Waals surface area contributed by atoms with E-state index < -0.39 is 6.23 Å². The summed E-state index contributed by atoms with van der Waals surface area (Å²) >= 11 is 0. The number of carbonyl (C=O) groups excluding carboxylic acids is 1. The Morgan fingerprint density at radius 2 is 1.68 bits per heavy atom. The van der Waals surface area contributed by atoms with Crippen molar-refractivity contribution < 1.29 is 14.8 Å². The summed E-state index contributed by atoms with van der Waals surface area (Å²) in [5.41, 5.74) is -0.728. The molecule has 19 heavy (non-hydrogen) atoms. The molecule has 0 aromatic carbocycles. The zero-order valence-electron chi connectivity index (χ0n) is 12.4. The Bertz CT molecular complexity index is 335. The van der Waals surface area contributed by atoms with Gasteiger partial charge in [-0.05, 0) is 47.0 Å². The zero-order chi connectivity index (χ0) is 14.3. The van der Waals surface area contributed by atoms with Crippen LogP contribution >= 0.6 is 0 Å². The van der Waals surface area contributed by atoms with E-state index in [9.17, 15) is 10.0 Å². The van der Waals surface area contributed by atoms with Crippen LogP contribution < -0.4 is 0 Å². The fourth-order valence-electron chi connectivity index (χ4n) is 3.38. The molecule has 5 nitrogen and oxygen atoms in total. The summed E-state index contributed by atoms with van der Waals surface area (Å²) in [6.45, 7) is 8.55. The van der Waals surface area contributed by atoms with E-state index in [1.807, 2.05) is 32.8 Å². The largest absolute Gasteiger partial charge is 0.300 e. The third-order valence-corrected chi connectivity index (χ3v) is 3.99. The lowest BCUT2D eigenvalue weighted by Crippen LogP contribution is -2.62. The molecule has 2 rings (SSSR count). The van der Waals surface area contributed by atoms with Gasteiger partial charge >= 0.3 is 0 Å². The topological polar surface area (TPSA) is 52.7 Å². The van der Waals surface area contributed by atoms with Gasteiger partial charge in [0.1, 0.15) is 5.78 Å². The fourth-order valence-corrected chi connectivity index (χ4v) is 3.38. The number of piperidine rings is 2. The van der Waals surface area contributed by atoms with E-state index in [1.165, 1.54) is 0 Å². The van der Waals surface area contributed by atoms with Crippen LogP contribution in [0.3, 0.4) is 0 Å². The number of hydrogen-bond donors (Lipinski definition) is 0. The molecule has 0 aromatic heterocycles. The molecule has 0 saturated carbocycles. The highest BCUT2D eigenvalue weighted by molar-refractivity contribution is 5.81. The van der Waals surface area contributed by atoms with Crippen molar-refractivity contribution >= 4 is 5.78 Å². The molecule has 2 aliphatic heterocycles. The van der Waals surface area contributed by atoms with E-state index in [2.05, 4.69) is 0 Å². The summed E-state index contributed by atoms with van der Waals surface area (Å²) in [6.07, 6.45) is 3.27. The molecule has 2 saturated heterocycles. The van der Waals surface area contributed by atoms with Gasteiger partial charge in [-0.2, -0.15) is 5.06 Å². The summed E-state index contributed by atoms with van der Waals surface area (Å²) < 4.78 is 0. The van der Waals surface area contributed by atoms with Crippen LogP contribution in [0.1, 0.15) is 59.8 Å². The zero-order valence-corrected chi connectivity index (χ0v) is 12.4. The van der Waals surface area contributed by atoms with Crippen LogP contribution in [0.15, 0.2) is 0 Å². The second-order valence-corrected chi connectivity index (χ2v) is 7.01. The molecule has 0 spiro atoms. The van der Waals surface area contributed by atoms with Crippen LogP contribution in [0.5, 0.6) is 0 Å². The molecule has 0 aromatic rings. The van der Waals surface area contributed by atoms with Crippen molar-refractivity contribution in [3.63, 3.8) is 0 Å². The van der Waals surface area contributed by atoms with Crippen molar-refractivity contribution in [1.29, 1.82) is 0 Å². The van der Waals surface area contributed by atoms with E-state index in [4.69, 9.17) is 4.84 Å². The smallest absolute Gasteiger partial charge is 0.157 e. The molecule has 1 unspecified atom stereocenters. The first-order chi connectivity index (χ1) is 8.72. The highest BCUT2D eigenvalue weighted by Crippen LogP contribution is 2.38. The van der Waals surface area contributed by atoms with E-state index in [0.29, 0.717) is 19.4 Å². The highest BCUT2D eigenvalue weighted by Gasteiger charge is 2.47. The third-order valence-electron chi connectivity index (χ3n) is 3.99. The van der Waals surface area contributed by atoms with Crippen molar-refractivity contribution in [3.8, 4) is 0 Å². The number of hydrogen-bond acceptors (Lipinski definition) is 4. The van der Waals surface area contributed by atoms with Crippen LogP contribution in [-0.2, 0) is 14.8 Å². The molecule has 109 valence electrons. The number of hydroxylamine groups is 4. The van der Waals surface area contributed by atoms with E-state index in [-0.39, 0.29) is 16.9 Å². The average molecular weight is 269 g/mol. The second-order valence-electron chi connectivity index (χ2n) is 7.01. The van der Waals surface area contributed by atoms with Crippen molar-refractivity contribution in [2.24, 2.45) is 0 Å². The van der Waals surface area contributed by atoms with Gasteiger partial charge in [-0.1, -0.05) is 0 Å². The number of Topliss-reactive ketones (excluding diaryl/α,β-unsaturated/α-hetero) is 1. The van der Waals surface area contributed by atoms with Gasteiger partial charge in [0.2, 0.25) is 0 Å². The maximum absolute atomic E-state index is 11.9. The van der Waals surface area contributed by atoms with Crippen LogP contribution in [0, 0.1) is 0 Å². The molecule has 1 radical (unpaired) electrons. The monoisotopic (exact) mass is 269 g/mol. The molecular weight excluding hydrogens is 244 g/mol. The van der Waals surface area contributed by atoms with E-state index in [0.717, 1.165) is 24.3 Å². The molecule has 0 bridgehead atoms. The first-order valence-electron chi connectivity index (χ1n) is 7.15. The van der Waals surface area contributed by atoms with Gasteiger partial charge in [-0.25, -0.2) is 0 Å². The quantitative estimate of drug-likeness (QED) is 0.772. The summed E-state index contributed by atoms with van der Waals surface area (Å²) in [7, 11) is 0. The first kappa shape index (κ1) is 14.9. The van der Waals surface area contributed by atoms with E-state index in [1.54, 1.807) is 0 Å². The van der Waals surface area contributed by atoms with Crippen molar-refractivity contribution in [2.45, 2.75) is 77.1 Å². The van der Waals surface area contributed by atoms with Crippen LogP contribution in [0.2, 0.25) is 0 Å². The standard InChI is InChI=1S/C14H25N2O3/c1-13(2)9-11(17)10-14(3,4)16(13)19-12-7-5-6-8-15(12)18/h12H,5-10H2,1-4H3. The Balaban J connectivity index is 2.13. The minimum atomic E-state index is -0.402. The maximum Gasteiger partial charge on any atom is 0.157 e.